The van der Waals surface area contributed by atoms with Crippen LogP contribution in [-0.4, -0.2) is 4.83 Å². The predicted octanol–water partition coefficient (Wildman–Crippen LogP) is 3.80. The van der Waals surface area contributed by atoms with Crippen molar-refractivity contribution in [3.05, 3.63) is 0 Å². The van der Waals surface area contributed by atoms with Crippen LogP contribution in [0.4, 0.5) is 8.78 Å². The van der Waals surface area contributed by atoms with E-state index in [-0.39, 0.29) is 12.3 Å². The largest absolute Gasteiger partial charge is 0.301 e. The maximum atomic E-state index is 12.6. The van der Waals surface area contributed by atoms with Gasteiger partial charge in [0.2, 0.25) is 0 Å². The zero-order valence-corrected chi connectivity index (χ0v) is 8.49. The number of fused-ring (bicyclic) bond motifs is 2. The third-order valence-electron chi connectivity index (χ3n) is 3.38. The molecular weight excluding hydrogens is 226 g/mol. The molecule has 0 aromatic rings. The Morgan fingerprint density at radius 3 is 2.42 bits per heavy atom. The Hall–Kier alpha value is 0.340. The first kappa shape index (κ1) is 8.92. The lowest BCUT2D eigenvalue weighted by Gasteiger charge is -2.23. The predicted molar refractivity (Wildman–Crippen MR) is 47.4 cm³/mol. The summed E-state index contributed by atoms with van der Waals surface area (Å²) in [7, 11) is 0. The van der Waals surface area contributed by atoms with E-state index in [1.165, 1.54) is 19.3 Å². The van der Waals surface area contributed by atoms with E-state index in [0.29, 0.717) is 5.92 Å². The second kappa shape index (κ2) is 2.93. The maximum Gasteiger partial charge on any atom is 0.301 e. The zero-order chi connectivity index (χ0) is 8.77. The average Bonchev–Trinajstić information content (AvgIpc) is 2.42. The summed E-state index contributed by atoms with van der Waals surface area (Å²) in [5, 5.41) is 0. The number of rotatable bonds is 2. The fraction of sp³-hybridized carbons (Fsp3) is 1.00. The number of alkyl halides is 3. The molecule has 0 heterocycles. The van der Waals surface area contributed by atoms with Gasteiger partial charge < -0.3 is 0 Å². The van der Waals surface area contributed by atoms with Crippen molar-refractivity contribution < 1.29 is 8.78 Å². The third kappa shape index (κ3) is 1.81. The first-order chi connectivity index (χ1) is 5.54. The van der Waals surface area contributed by atoms with E-state index >= 15 is 0 Å². The molecule has 1 unspecified atom stereocenters. The van der Waals surface area contributed by atoms with Crippen molar-refractivity contribution in [2.45, 2.75) is 36.9 Å². The summed E-state index contributed by atoms with van der Waals surface area (Å²) in [4.78, 5) is -2.62. The van der Waals surface area contributed by atoms with Gasteiger partial charge in [-0.1, -0.05) is 6.42 Å². The Kier molecular flexibility index (Phi) is 2.18. The van der Waals surface area contributed by atoms with Crippen molar-refractivity contribution in [2.75, 3.05) is 0 Å². The summed E-state index contributed by atoms with van der Waals surface area (Å²) >= 11 is 2.43. The van der Waals surface area contributed by atoms with Crippen LogP contribution < -0.4 is 0 Å². The standard InChI is InChI=1S/C9H13BrF2/c10-9(11,12)5-8-4-6-1-2-7(8)3-6/h6-8H,1-5H2/t6-,7+,8?/m1/s1. The van der Waals surface area contributed by atoms with Crippen LogP contribution in [0.1, 0.15) is 32.1 Å². The Bertz CT molecular complexity index is 176. The molecule has 0 N–H and O–H groups in total. The summed E-state index contributed by atoms with van der Waals surface area (Å²) in [6.45, 7) is 0. The van der Waals surface area contributed by atoms with Crippen LogP contribution in [0.2, 0.25) is 0 Å². The van der Waals surface area contributed by atoms with Gasteiger partial charge in [0.05, 0.1) is 0 Å². The molecular formula is C9H13BrF2. The van der Waals surface area contributed by atoms with Crippen LogP contribution in [0.5, 0.6) is 0 Å². The molecule has 0 aromatic heterocycles. The topological polar surface area (TPSA) is 0 Å². The van der Waals surface area contributed by atoms with E-state index in [9.17, 15) is 8.78 Å². The van der Waals surface area contributed by atoms with Crippen molar-refractivity contribution in [1.82, 2.24) is 0 Å². The lowest BCUT2D eigenvalue weighted by Crippen LogP contribution is -2.18. The van der Waals surface area contributed by atoms with E-state index in [1.54, 1.807) is 0 Å². The van der Waals surface area contributed by atoms with Crippen molar-refractivity contribution >= 4 is 15.9 Å². The molecule has 2 aliphatic rings. The Balaban J connectivity index is 1.91. The molecule has 3 heteroatoms. The first-order valence-corrected chi connectivity index (χ1v) is 5.40. The van der Waals surface area contributed by atoms with Gasteiger partial charge >= 0.3 is 4.83 Å². The van der Waals surface area contributed by atoms with Crippen LogP contribution in [0.15, 0.2) is 0 Å². The molecule has 2 aliphatic carbocycles. The first-order valence-electron chi connectivity index (χ1n) is 4.61. The summed E-state index contributed by atoms with van der Waals surface area (Å²) < 4.78 is 25.2. The van der Waals surface area contributed by atoms with Crippen molar-refractivity contribution in [3.8, 4) is 0 Å². The van der Waals surface area contributed by atoms with Crippen LogP contribution in [0.25, 0.3) is 0 Å². The number of hydrogen-bond acceptors (Lipinski definition) is 0. The van der Waals surface area contributed by atoms with Crippen LogP contribution in [0, 0.1) is 17.8 Å². The number of halogens is 3. The minimum Gasteiger partial charge on any atom is -0.194 e. The van der Waals surface area contributed by atoms with Crippen molar-refractivity contribution in [2.24, 2.45) is 17.8 Å². The quantitative estimate of drug-likeness (QED) is 0.643. The van der Waals surface area contributed by atoms with Gasteiger partial charge in [-0.3, -0.25) is 0 Å². The smallest absolute Gasteiger partial charge is 0.194 e. The highest BCUT2D eigenvalue weighted by Crippen LogP contribution is 2.52. The number of hydrogen-bond donors (Lipinski definition) is 0. The molecule has 0 aromatic carbocycles. The van der Waals surface area contributed by atoms with Gasteiger partial charge in [0, 0.05) is 6.42 Å². The maximum absolute atomic E-state index is 12.6. The monoisotopic (exact) mass is 238 g/mol. The molecule has 2 saturated carbocycles. The SMILES string of the molecule is FC(F)(Br)CC1C[C@@H]2CC[C@H]1C2. The fourth-order valence-corrected chi connectivity index (χ4v) is 3.34. The van der Waals surface area contributed by atoms with E-state index in [1.807, 2.05) is 0 Å². The van der Waals surface area contributed by atoms with Gasteiger partial charge in [-0.05, 0) is 52.9 Å². The summed E-state index contributed by atoms with van der Waals surface area (Å²) in [6.07, 6.45) is 4.79. The molecule has 0 radical (unpaired) electrons. The highest BCUT2D eigenvalue weighted by Gasteiger charge is 2.43. The van der Waals surface area contributed by atoms with Gasteiger partial charge in [0.15, 0.2) is 0 Å². The fourth-order valence-electron chi connectivity index (χ4n) is 2.92. The Morgan fingerprint density at radius 2 is 2.00 bits per heavy atom. The zero-order valence-electron chi connectivity index (χ0n) is 6.90. The minimum atomic E-state index is -2.62. The lowest BCUT2D eigenvalue weighted by atomic mass is 9.87. The molecule has 3 atom stereocenters. The highest BCUT2D eigenvalue weighted by atomic mass is 79.9. The van der Waals surface area contributed by atoms with Gasteiger partial charge in [0.25, 0.3) is 0 Å². The van der Waals surface area contributed by atoms with Crippen LogP contribution in [0.3, 0.4) is 0 Å². The molecule has 0 spiro atoms. The molecule has 0 saturated heterocycles. The van der Waals surface area contributed by atoms with E-state index < -0.39 is 4.83 Å². The van der Waals surface area contributed by atoms with Gasteiger partial charge in [-0.15, -0.1) is 0 Å². The van der Waals surface area contributed by atoms with E-state index in [2.05, 4.69) is 15.9 Å². The molecule has 2 fully saturated rings. The summed E-state index contributed by atoms with van der Waals surface area (Å²) in [5.41, 5.74) is 0. The van der Waals surface area contributed by atoms with Gasteiger partial charge in [0.1, 0.15) is 0 Å². The second-order valence-corrected chi connectivity index (χ2v) is 5.41. The minimum absolute atomic E-state index is 0.0498. The Morgan fingerprint density at radius 1 is 1.25 bits per heavy atom. The average molecular weight is 239 g/mol. The van der Waals surface area contributed by atoms with Gasteiger partial charge in [-0.2, -0.15) is 8.78 Å². The van der Waals surface area contributed by atoms with Crippen molar-refractivity contribution in [3.63, 3.8) is 0 Å². The molecule has 0 amide bonds. The van der Waals surface area contributed by atoms with E-state index in [0.717, 1.165) is 12.3 Å². The third-order valence-corrected chi connectivity index (χ3v) is 3.70. The summed E-state index contributed by atoms with van der Waals surface area (Å²) in [6, 6.07) is 0. The molecule has 0 aliphatic heterocycles. The molecule has 12 heavy (non-hydrogen) atoms. The van der Waals surface area contributed by atoms with E-state index in [4.69, 9.17) is 0 Å². The molecule has 2 rings (SSSR count). The van der Waals surface area contributed by atoms with Gasteiger partial charge in [-0.25, -0.2) is 0 Å². The van der Waals surface area contributed by atoms with Crippen LogP contribution in [-0.2, 0) is 0 Å². The molecule has 70 valence electrons. The molecule has 2 bridgehead atoms. The summed E-state index contributed by atoms with van der Waals surface area (Å²) in [5.74, 6) is 1.67. The Labute approximate surface area is 79.8 Å². The normalized spacial score (nSPS) is 40.8. The molecule has 0 nitrogen and oxygen atoms in total. The highest BCUT2D eigenvalue weighted by molar-refractivity contribution is 9.09. The second-order valence-electron chi connectivity index (χ2n) is 4.25. The van der Waals surface area contributed by atoms with Crippen LogP contribution >= 0.6 is 15.9 Å². The van der Waals surface area contributed by atoms with Crippen molar-refractivity contribution in [1.29, 1.82) is 0 Å². The lowest BCUT2D eigenvalue weighted by molar-refractivity contribution is 0.0700.